The second-order valence-electron chi connectivity index (χ2n) is 15.1. The molecular weight excluding hydrogens is 700 g/mol. The molecule has 320 valence electrons. The van der Waals surface area contributed by atoms with Gasteiger partial charge in [-0.3, -0.25) is 9.59 Å². The minimum absolute atomic E-state index is 0.212. The molecule has 10 heteroatoms. The first-order valence-corrected chi connectivity index (χ1v) is 22.1. The van der Waals surface area contributed by atoms with Gasteiger partial charge in [0.05, 0.1) is 13.2 Å². The molecule has 55 heavy (non-hydrogen) atoms. The number of carbonyl (C=O) groups excluding carboxylic acids is 2. The Kier molecular flexibility index (Phi) is 33.6. The van der Waals surface area contributed by atoms with Crippen molar-refractivity contribution in [1.82, 2.24) is 0 Å². The Balaban J connectivity index is 2.36. The molecule has 0 aliphatic carbocycles. The summed E-state index contributed by atoms with van der Waals surface area (Å²) in [6.45, 7) is 3.36. The van der Waals surface area contributed by atoms with E-state index in [4.69, 9.17) is 18.9 Å². The van der Waals surface area contributed by atoms with Gasteiger partial charge in [0.25, 0.3) is 0 Å². The van der Waals surface area contributed by atoms with Crippen LogP contribution in [0.1, 0.15) is 181 Å². The summed E-state index contributed by atoms with van der Waals surface area (Å²) < 4.78 is 22.1. The van der Waals surface area contributed by atoms with Crippen molar-refractivity contribution in [3.05, 3.63) is 36.5 Å². The molecule has 1 heterocycles. The predicted molar refractivity (Wildman–Crippen MR) is 219 cm³/mol. The van der Waals surface area contributed by atoms with E-state index in [0.717, 1.165) is 77.0 Å². The van der Waals surface area contributed by atoms with Gasteiger partial charge in [0.1, 0.15) is 31.0 Å². The van der Waals surface area contributed by atoms with E-state index >= 15 is 0 Å². The van der Waals surface area contributed by atoms with Gasteiger partial charge in [0.15, 0.2) is 12.4 Å². The van der Waals surface area contributed by atoms with E-state index in [1.54, 1.807) is 0 Å². The lowest BCUT2D eigenvalue weighted by Gasteiger charge is -2.39. The third-order valence-electron chi connectivity index (χ3n) is 10.00. The first-order chi connectivity index (χ1) is 26.8. The Labute approximate surface area is 334 Å². The van der Waals surface area contributed by atoms with E-state index in [0.29, 0.717) is 12.8 Å². The minimum Gasteiger partial charge on any atom is -0.462 e. The maximum atomic E-state index is 12.7. The second-order valence-corrected chi connectivity index (χ2v) is 15.1. The molecule has 4 N–H and O–H groups in total. The van der Waals surface area contributed by atoms with Crippen LogP contribution in [-0.4, -0.2) is 89.0 Å². The van der Waals surface area contributed by atoms with Crippen molar-refractivity contribution in [2.75, 3.05) is 19.8 Å². The predicted octanol–water partition coefficient (Wildman–Crippen LogP) is 9.11. The molecule has 1 saturated heterocycles. The molecule has 0 amide bonds. The highest BCUT2D eigenvalue weighted by molar-refractivity contribution is 5.70. The third-order valence-corrected chi connectivity index (χ3v) is 10.00. The topological polar surface area (TPSA) is 152 Å². The highest BCUT2D eigenvalue weighted by Gasteiger charge is 2.44. The summed E-state index contributed by atoms with van der Waals surface area (Å²) in [7, 11) is 0. The number of hydrogen-bond donors (Lipinski definition) is 4. The van der Waals surface area contributed by atoms with Gasteiger partial charge in [-0.25, -0.2) is 0 Å². The summed E-state index contributed by atoms with van der Waals surface area (Å²) in [5.74, 6) is -0.832. The fraction of sp³-hybridized carbons (Fsp3) is 0.822. The highest BCUT2D eigenvalue weighted by Crippen LogP contribution is 2.22. The van der Waals surface area contributed by atoms with Gasteiger partial charge < -0.3 is 39.4 Å². The standard InChI is InChI=1S/C45H80O10/c1-3-5-7-9-11-13-15-17-19-21-23-25-27-29-31-33-40(47)52-36-38(37-53-45-44(51)43(50)42(49)39(35-46)55-45)54-41(48)34-32-30-28-26-24-22-20-18-16-14-12-10-8-6-4-2/h12,14,17-20,38-39,42-46,49-51H,3-11,13,15-16,21-37H2,1-2H3/b14-12+,19-17+,20-18+/t38-,39-,42+,43?,44?,45-/m0/s1. The molecule has 0 aromatic rings. The molecule has 0 saturated carbocycles. The lowest BCUT2D eigenvalue weighted by Crippen LogP contribution is -2.59. The second kappa shape index (κ2) is 36.3. The van der Waals surface area contributed by atoms with Crippen LogP contribution in [0.25, 0.3) is 0 Å². The smallest absolute Gasteiger partial charge is 0.306 e. The van der Waals surface area contributed by atoms with Crippen molar-refractivity contribution in [1.29, 1.82) is 0 Å². The average Bonchev–Trinajstić information content (AvgIpc) is 3.18. The van der Waals surface area contributed by atoms with Crippen molar-refractivity contribution < 1.29 is 49.0 Å². The number of aliphatic hydroxyl groups is 4. The minimum atomic E-state index is -1.60. The summed E-state index contributed by atoms with van der Waals surface area (Å²) >= 11 is 0. The molecule has 1 aliphatic heterocycles. The van der Waals surface area contributed by atoms with Gasteiger partial charge >= 0.3 is 11.9 Å². The van der Waals surface area contributed by atoms with Crippen LogP contribution < -0.4 is 0 Å². The Morgan fingerprint density at radius 1 is 0.564 bits per heavy atom. The van der Waals surface area contributed by atoms with Crippen LogP contribution in [0, 0.1) is 0 Å². The van der Waals surface area contributed by atoms with Crippen molar-refractivity contribution in [2.45, 2.75) is 218 Å². The highest BCUT2D eigenvalue weighted by atomic mass is 16.7. The number of rotatable bonds is 36. The Bertz CT molecular complexity index is 996. The molecule has 1 rings (SSSR count). The number of allylic oxidation sites excluding steroid dienone is 6. The fourth-order valence-electron chi connectivity index (χ4n) is 6.45. The summed E-state index contributed by atoms with van der Waals surface area (Å²) in [6, 6.07) is 0. The van der Waals surface area contributed by atoms with E-state index in [1.807, 2.05) is 0 Å². The van der Waals surface area contributed by atoms with Crippen molar-refractivity contribution in [3.8, 4) is 0 Å². The first-order valence-electron chi connectivity index (χ1n) is 22.1. The van der Waals surface area contributed by atoms with Crippen LogP contribution >= 0.6 is 0 Å². The number of aliphatic hydroxyl groups excluding tert-OH is 4. The Hall–Kier alpha value is -2.08. The van der Waals surface area contributed by atoms with Gasteiger partial charge in [-0.2, -0.15) is 0 Å². The molecule has 0 spiro atoms. The maximum Gasteiger partial charge on any atom is 0.306 e. The molecule has 0 radical (unpaired) electrons. The average molecular weight is 781 g/mol. The summed E-state index contributed by atoms with van der Waals surface area (Å²) in [4.78, 5) is 25.3. The molecule has 2 unspecified atom stereocenters. The number of ether oxygens (including phenoxy) is 4. The molecule has 0 aromatic heterocycles. The van der Waals surface area contributed by atoms with E-state index in [2.05, 4.69) is 50.3 Å². The lowest BCUT2D eigenvalue weighted by atomic mass is 9.99. The first kappa shape index (κ1) is 50.9. The molecule has 1 aliphatic rings. The number of esters is 2. The quantitative estimate of drug-likeness (QED) is 0.0275. The van der Waals surface area contributed by atoms with Crippen molar-refractivity contribution in [3.63, 3.8) is 0 Å². The van der Waals surface area contributed by atoms with Crippen LogP contribution in [0.4, 0.5) is 0 Å². The molecule has 0 aromatic carbocycles. The lowest BCUT2D eigenvalue weighted by molar-refractivity contribution is -0.305. The summed E-state index contributed by atoms with van der Waals surface area (Å²) in [6.07, 6.45) is 32.9. The van der Waals surface area contributed by atoms with E-state index < -0.39 is 49.4 Å². The van der Waals surface area contributed by atoms with E-state index in [-0.39, 0.29) is 32.0 Å². The van der Waals surface area contributed by atoms with Crippen LogP contribution in [0.15, 0.2) is 36.5 Å². The molecule has 10 nitrogen and oxygen atoms in total. The van der Waals surface area contributed by atoms with Crippen LogP contribution in [-0.2, 0) is 28.5 Å². The monoisotopic (exact) mass is 781 g/mol. The molecule has 1 fully saturated rings. The largest absolute Gasteiger partial charge is 0.462 e. The zero-order chi connectivity index (χ0) is 40.2. The van der Waals surface area contributed by atoms with Gasteiger partial charge in [-0.05, 0) is 70.6 Å². The van der Waals surface area contributed by atoms with Crippen LogP contribution in [0.2, 0.25) is 0 Å². The van der Waals surface area contributed by atoms with Gasteiger partial charge in [-0.15, -0.1) is 0 Å². The van der Waals surface area contributed by atoms with Gasteiger partial charge in [0, 0.05) is 12.8 Å². The summed E-state index contributed by atoms with van der Waals surface area (Å²) in [5.41, 5.74) is 0. The fourth-order valence-corrected chi connectivity index (χ4v) is 6.45. The third kappa shape index (κ3) is 28.0. The SMILES string of the molecule is CCCCC/C=C/C/C=C/CCCCCCCC(=O)O[C@@H](COC(=O)CCCCCCC/C=C/CCCCCCCC)CO[C@H]1O[C@@H](CO)[C@@H](O)C(O)C1O. The Morgan fingerprint density at radius 2 is 1.02 bits per heavy atom. The van der Waals surface area contributed by atoms with E-state index in [9.17, 15) is 30.0 Å². The number of unbranched alkanes of at least 4 members (excludes halogenated alkanes) is 19. The zero-order valence-electron chi connectivity index (χ0n) is 34.7. The normalized spacial score (nSPS) is 20.9. The van der Waals surface area contributed by atoms with Crippen LogP contribution in [0.3, 0.4) is 0 Å². The van der Waals surface area contributed by atoms with Crippen molar-refractivity contribution in [2.24, 2.45) is 0 Å². The van der Waals surface area contributed by atoms with Crippen molar-refractivity contribution >= 4 is 11.9 Å². The number of carbonyl (C=O) groups is 2. The maximum absolute atomic E-state index is 12.7. The number of hydrogen-bond acceptors (Lipinski definition) is 10. The van der Waals surface area contributed by atoms with Gasteiger partial charge in [-0.1, -0.05) is 134 Å². The van der Waals surface area contributed by atoms with E-state index in [1.165, 1.54) is 64.2 Å². The van der Waals surface area contributed by atoms with Gasteiger partial charge in [0.2, 0.25) is 0 Å². The summed E-state index contributed by atoms with van der Waals surface area (Å²) in [5, 5.41) is 40.0. The molecular formula is C45H80O10. The molecule has 6 atom stereocenters. The van der Waals surface area contributed by atoms with Crippen LogP contribution in [0.5, 0.6) is 0 Å². The Morgan fingerprint density at radius 3 is 1.56 bits per heavy atom. The molecule has 0 bridgehead atoms. The zero-order valence-corrected chi connectivity index (χ0v) is 34.7.